The van der Waals surface area contributed by atoms with Crippen LogP contribution in [0.2, 0.25) is 0 Å². The Morgan fingerprint density at radius 2 is 1.60 bits per heavy atom. The van der Waals surface area contributed by atoms with Gasteiger partial charge < -0.3 is 4.74 Å². The fourth-order valence-corrected chi connectivity index (χ4v) is 2.20. The van der Waals surface area contributed by atoms with E-state index in [0.717, 1.165) is 24.2 Å². The topological polar surface area (TPSA) is 33.0 Å². The average molecular weight is 265 g/mol. The molecule has 102 valence electrons. The number of hydrogen-bond acceptors (Lipinski definition) is 2. The van der Waals surface area contributed by atoms with Gasteiger partial charge in [-0.3, -0.25) is 0 Å². The Morgan fingerprint density at radius 3 is 2.20 bits per heavy atom. The molecule has 0 N–H and O–H groups in total. The van der Waals surface area contributed by atoms with Gasteiger partial charge in [-0.2, -0.15) is 5.26 Å². The molecule has 0 spiro atoms. The second-order valence-corrected chi connectivity index (χ2v) is 5.08. The van der Waals surface area contributed by atoms with Crippen molar-refractivity contribution in [2.24, 2.45) is 0 Å². The van der Waals surface area contributed by atoms with Gasteiger partial charge in [0.1, 0.15) is 5.75 Å². The summed E-state index contributed by atoms with van der Waals surface area (Å²) in [6.07, 6.45) is 1.65. The summed E-state index contributed by atoms with van der Waals surface area (Å²) >= 11 is 0. The van der Waals surface area contributed by atoms with Crippen molar-refractivity contribution < 1.29 is 4.74 Å². The average Bonchev–Trinajstić information content (AvgIpc) is 2.53. The molecule has 0 aliphatic rings. The van der Waals surface area contributed by atoms with Gasteiger partial charge in [-0.05, 0) is 37.5 Å². The first kappa shape index (κ1) is 14.1. The second kappa shape index (κ2) is 6.77. The standard InChI is InChI=1S/C18H19NO/c1-18(15-19,16-9-4-2-5-10-16)13-8-14-20-17-11-6-3-7-12-17/h2-7,9-12H,8,13-14H2,1H3. The molecule has 0 saturated carbocycles. The van der Waals surface area contributed by atoms with Gasteiger partial charge in [0, 0.05) is 0 Å². The molecule has 0 bridgehead atoms. The molecule has 0 aliphatic heterocycles. The first-order chi connectivity index (χ1) is 9.74. The summed E-state index contributed by atoms with van der Waals surface area (Å²) < 4.78 is 5.67. The summed E-state index contributed by atoms with van der Waals surface area (Å²) in [5, 5.41) is 9.46. The largest absolute Gasteiger partial charge is 0.494 e. The van der Waals surface area contributed by atoms with E-state index in [1.807, 2.05) is 67.6 Å². The van der Waals surface area contributed by atoms with Crippen LogP contribution in [-0.4, -0.2) is 6.61 Å². The third-order valence-corrected chi connectivity index (χ3v) is 3.49. The summed E-state index contributed by atoms with van der Waals surface area (Å²) in [7, 11) is 0. The maximum absolute atomic E-state index is 9.46. The van der Waals surface area contributed by atoms with Crippen molar-refractivity contribution in [1.29, 1.82) is 5.26 Å². The van der Waals surface area contributed by atoms with Gasteiger partial charge in [-0.25, -0.2) is 0 Å². The zero-order valence-electron chi connectivity index (χ0n) is 11.8. The highest BCUT2D eigenvalue weighted by molar-refractivity contribution is 5.30. The molecule has 0 aromatic heterocycles. The van der Waals surface area contributed by atoms with Crippen LogP contribution in [0.3, 0.4) is 0 Å². The van der Waals surface area contributed by atoms with Crippen molar-refractivity contribution in [2.45, 2.75) is 25.2 Å². The Morgan fingerprint density at radius 1 is 1.00 bits per heavy atom. The third kappa shape index (κ3) is 3.61. The van der Waals surface area contributed by atoms with E-state index in [0.29, 0.717) is 6.61 Å². The lowest BCUT2D eigenvalue weighted by atomic mass is 9.80. The quantitative estimate of drug-likeness (QED) is 0.728. The van der Waals surface area contributed by atoms with Crippen molar-refractivity contribution in [2.75, 3.05) is 6.61 Å². The monoisotopic (exact) mass is 265 g/mol. The fourth-order valence-electron chi connectivity index (χ4n) is 2.20. The van der Waals surface area contributed by atoms with E-state index in [9.17, 15) is 5.26 Å². The van der Waals surface area contributed by atoms with Crippen LogP contribution < -0.4 is 4.74 Å². The molecule has 0 aliphatic carbocycles. The molecule has 2 aromatic carbocycles. The molecule has 0 saturated heterocycles. The minimum absolute atomic E-state index is 0.443. The van der Waals surface area contributed by atoms with Crippen LogP contribution in [-0.2, 0) is 5.41 Å². The first-order valence-electron chi connectivity index (χ1n) is 6.89. The highest BCUT2D eigenvalue weighted by Gasteiger charge is 2.25. The number of nitrogens with zero attached hydrogens (tertiary/aromatic N) is 1. The molecule has 1 atom stereocenters. The lowest BCUT2D eigenvalue weighted by molar-refractivity contribution is 0.295. The maximum Gasteiger partial charge on any atom is 0.119 e. The smallest absolute Gasteiger partial charge is 0.119 e. The van der Waals surface area contributed by atoms with Crippen molar-refractivity contribution in [3.05, 3.63) is 66.2 Å². The second-order valence-electron chi connectivity index (χ2n) is 5.08. The van der Waals surface area contributed by atoms with Gasteiger partial charge in [0.2, 0.25) is 0 Å². The molecule has 20 heavy (non-hydrogen) atoms. The van der Waals surface area contributed by atoms with E-state index in [1.165, 1.54) is 0 Å². The van der Waals surface area contributed by atoms with E-state index in [1.54, 1.807) is 0 Å². The van der Waals surface area contributed by atoms with Gasteiger partial charge in [0.05, 0.1) is 18.1 Å². The zero-order valence-corrected chi connectivity index (χ0v) is 11.8. The Hall–Kier alpha value is -2.27. The van der Waals surface area contributed by atoms with Gasteiger partial charge in [-0.1, -0.05) is 48.5 Å². The molecular weight excluding hydrogens is 246 g/mol. The summed E-state index contributed by atoms with van der Waals surface area (Å²) in [4.78, 5) is 0. The van der Waals surface area contributed by atoms with Crippen LogP contribution in [0.25, 0.3) is 0 Å². The number of nitriles is 1. The minimum atomic E-state index is -0.443. The highest BCUT2D eigenvalue weighted by Crippen LogP contribution is 2.28. The molecule has 0 fully saturated rings. The third-order valence-electron chi connectivity index (χ3n) is 3.49. The molecular formula is C18H19NO. The summed E-state index contributed by atoms with van der Waals surface area (Å²) in [5.41, 5.74) is 0.628. The highest BCUT2D eigenvalue weighted by atomic mass is 16.5. The molecule has 2 nitrogen and oxygen atoms in total. The van der Waals surface area contributed by atoms with E-state index >= 15 is 0 Å². The van der Waals surface area contributed by atoms with Crippen molar-refractivity contribution in [3.8, 4) is 11.8 Å². The summed E-state index contributed by atoms with van der Waals surface area (Å²) in [5.74, 6) is 0.880. The van der Waals surface area contributed by atoms with E-state index in [-0.39, 0.29) is 0 Å². The lowest BCUT2D eigenvalue weighted by Gasteiger charge is -2.22. The van der Waals surface area contributed by atoms with Crippen molar-refractivity contribution >= 4 is 0 Å². The molecule has 2 rings (SSSR count). The van der Waals surface area contributed by atoms with Crippen LogP contribution in [0.4, 0.5) is 0 Å². The van der Waals surface area contributed by atoms with Crippen LogP contribution in [0, 0.1) is 11.3 Å². The predicted octanol–water partition coefficient (Wildman–Crippen LogP) is 4.33. The van der Waals surface area contributed by atoms with Gasteiger partial charge in [-0.15, -0.1) is 0 Å². The first-order valence-corrected chi connectivity index (χ1v) is 6.89. The Kier molecular flexibility index (Phi) is 4.79. The normalized spacial score (nSPS) is 13.2. The molecule has 0 heterocycles. The zero-order chi connectivity index (χ0) is 14.3. The molecule has 2 aromatic rings. The van der Waals surface area contributed by atoms with Gasteiger partial charge in [0.15, 0.2) is 0 Å². The van der Waals surface area contributed by atoms with E-state index < -0.39 is 5.41 Å². The number of benzene rings is 2. The molecule has 0 radical (unpaired) electrons. The number of rotatable bonds is 6. The number of para-hydroxylation sites is 1. The maximum atomic E-state index is 9.46. The SMILES string of the molecule is CC(C#N)(CCCOc1ccccc1)c1ccccc1. The van der Waals surface area contributed by atoms with Gasteiger partial charge in [0.25, 0.3) is 0 Å². The van der Waals surface area contributed by atoms with E-state index in [4.69, 9.17) is 4.74 Å². The Balaban J connectivity index is 1.87. The number of hydrogen-bond donors (Lipinski definition) is 0. The lowest BCUT2D eigenvalue weighted by Crippen LogP contribution is -2.20. The van der Waals surface area contributed by atoms with E-state index in [2.05, 4.69) is 6.07 Å². The summed E-state index contributed by atoms with van der Waals surface area (Å²) in [6, 6.07) is 22.2. The minimum Gasteiger partial charge on any atom is -0.494 e. The molecule has 1 unspecified atom stereocenters. The van der Waals surface area contributed by atoms with Crippen LogP contribution in [0.1, 0.15) is 25.3 Å². The van der Waals surface area contributed by atoms with Crippen LogP contribution in [0.5, 0.6) is 5.75 Å². The van der Waals surface area contributed by atoms with Crippen LogP contribution in [0.15, 0.2) is 60.7 Å². The summed E-state index contributed by atoms with van der Waals surface area (Å²) in [6.45, 7) is 2.62. The molecule has 0 amide bonds. The van der Waals surface area contributed by atoms with Crippen molar-refractivity contribution in [1.82, 2.24) is 0 Å². The predicted molar refractivity (Wildman–Crippen MR) is 80.6 cm³/mol. The number of ether oxygens (including phenoxy) is 1. The van der Waals surface area contributed by atoms with Crippen LogP contribution >= 0.6 is 0 Å². The Labute approximate surface area is 120 Å². The molecule has 2 heteroatoms. The van der Waals surface area contributed by atoms with Gasteiger partial charge >= 0.3 is 0 Å². The van der Waals surface area contributed by atoms with Crippen molar-refractivity contribution in [3.63, 3.8) is 0 Å². The fraction of sp³-hybridized carbons (Fsp3) is 0.278. The Bertz CT molecular complexity index is 559.